The number of aryl methyl sites for hydroxylation is 1. The quantitative estimate of drug-likeness (QED) is 0.781. The lowest BCUT2D eigenvalue weighted by atomic mass is 10.1. The number of rotatable bonds is 2. The van der Waals surface area contributed by atoms with Crippen molar-refractivity contribution < 1.29 is 23.8 Å². The molecule has 0 fully saturated rings. The summed E-state index contributed by atoms with van der Waals surface area (Å²) in [5, 5.41) is 13.7. The Morgan fingerprint density at radius 1 is 1.40 bits per heavy atom. The molecular weight excluding hydrogens is 415 g/mol. The van der Waals surface area contributed by atoms with Gasteiger partial charge >= 0.3 is 0 Å². The third-order valence-corrected chi connectivity index (χ3v) is 5.03. The minimum atomic E-state index is -0.785. The first-order valence-corrected chi connectivity index (χ1v) is 9.55. The molecule has 1 aromatic heterocycles. The van der Waals surface area contributed by atoms with Crippen molar-refractivity contribution in [1.82, 2.24) is 14.7 Å². The van der Waals surface area contributed by atoms with E-state index in [-0.39, 0.29) is 52.7 Å². The average Bonchev–Trinajstić information content (AvgIpc) is 3.08. The summed E-state index contributed by atoms with van der Waals surface area (Å²) in [7, 11) is 3.21. The van der Waals surface area contributed by atoms with Crippen LogP contribution in [0.5, 0.6) is 5.75 Å². The van der Waals surface area contributed by atoms with Crippen LogP contribution in [-0.2, 0) is 11.8 Å². The number of aromatic nitrogens is 2. The molecule has 1 aliphatic heterocycles. The average molecular weight is 437 g/mol. The molecule has 2 unspecified atom stereocenters. The number of hydrogen-bond donors (Lipinski definition) is 1. The van der Waals surface area contributed by atoms with E-state index in [1.165, 1.54) is 34.0 Å². The standard InChI is InChI=1S/C20H22ClFN4O4/c1-5-16-24-19-13(8-23-26(19)4)20(28)25(3)9-12(10-27)30-15-7-6-14(22)18(21)17(15)11(2)29-16/h5-8,11-12,27H,1,9-10H2,2-4H3/b24-16+. The maximum absolute atomic E-state index is 14.2. The van der Waals surface area contributed by atoms with E-state index in [4.69, 9.17) is 21.1 Å². The van der Waals surface area contributed by atoms with Crippen LogP contribution in [0.15, 0.2) is 36.0 Å². The van der Waals surface area contributed by atoms with Crippen LogP contribution in [0.4, 0.5) is 10.2 Å². The molecule has 10 heteroatoms. The highest BCUT2D eigenvalue weighted by molar-refractivity contribution is 6.31. The lowest BCUT2D eigenvalue weighted by Crippen LogP contribution is -2.39. The summed E-state index contributed by atoms with van der Waals surface area (Å²) in [5.41, 5.74) is 0.497. The minimum absolute atomic E-state index is 0.0609. The maximum Gasteiger partial charge on any atom is 0.259 e. The smallest absolute Gasteiger partial charge is 0.259 e. The van der Waals surface area contributed by atoms with E-state index in [1.807, 2.05) is 0 Å². The van der Waals surface area contributed by atoms with Crippen molar-refractivity contribution >= 4 is 29.2 Å². The van der Waals surface area contributed by atoms with Gasteiger partial charge in [-0.25, -0.2) is 4.39 Å². The molecule has 0 radical (unpaired) electrons. The molecule has 8 nitrogen and oxygen atoms in total. The number of aliphatic hydroxyl groups is 1. The Morgan fingerprint density at radius 3 is 2.80 bits per heavy atom. The van der Waals surface area contributed by atoms with Crippen LogP contribution in [0.1, 0.15) is 28.9 Å². The molecule has 3 rings (SSSR count). The van der Waals surface area contributed by atoms with Crippen molar-refractivity contribution in [1.29, 1.82) is 0 Å². The number of carbonyl (C=O) groups excluding carboxylic acids is 1. The van der Waals surface area contributed by atoms with Crippen molar-refractivity contribution in [2.75, 3.05) is 20.2 Å². The Labute approximate surface area is 178 Å². The van der Waals surface area contributed by atoms with Crippen molar-refractivity contribution in [2.24, 2.45) is 12.0 Å². The number of aliphatic hydroxyl groups excluding tert-OH is 1. The second kappa shape index (κ2) is 8.85. The first-order valence-electron chi connectivity index (χ1n) is 9.17. The summed E-state index contributed by atoms with van der Waals surface area (Å²) >= 11 is 6.21. The zero-order valence-corrected chi connectivity index (χ0v) is 17.6. The van der Waals surface area contributed by atoms with E-state index < -0.39 is 18.0 Å². The van der Waals surface area contributed by atoms with Gasteiger partial charge < -0.3 is 19.5 Å². The number of amides is 1. The number of aliphatic imine (C=N–C) groups is 1. The number of likely N-dealkylation sites (N-methyl/N-ethyl adjacent to an activating group) is 1. The molecule has 1 amide bonds. The normalized spacial score (nSPS) is 21.6. The Kier molecular flexibility index (Phi) is 6.42. The molecule has 2 atom stereocenters. The lowest BCUT2D eigenvalue weighted by molar-refractivity contribution is 0.0595. The third kappa shape index (κ3) is 4.17. The molecule has 0 saturated carbocycles. The van der Waals surface area contributed by atoms with Crippen molar-refractivity contribution in [3.63, 3.8) is 0 Å². The molecular formula is C20H22ClFN4O4. The first kappa shape index (κ1) is 21.8. The summed E-state index contributed by atoms with van der Waals surface area (Å²) in [6, 6.07) is 2.57. The van der Waals surface area contributed by atoms with Gasteiger partial charge in [0.05, 0.1) is 29.9 Å². The summed E-state index contributed by atoms with van der Waals surface area (Å²) in [5.74, 6) is -0.419. The highest BCUT2D eigenvalue weighted by Gasteiger charge is 2.27. The number of hydrogen-bond acceptors (Lipinski definition) is 6. The van der Waals surface area contributed by atoms with Gasteiger partial charge in [-0.15, -0.1) is 0 Å². The van der Waals surface area contributed by atoms with Crippen LogP contribution in [0.25, 0.3) is 0 Å². The molecule has 1 aliphatic rings. The van der Waals surface area contributed by atoms with E-state index in [1.54, 1.807) is 21.0 Å². The molecule has 30 heavy (non-hydrogen) atoms. The fourth-order valence-corrected chi connectivity index (χ4v) is 3.42. The zero-order valence-electron chi connectivity index (χ0n) is 16.8. The number of halogens is 2. The number of ether oxygens (including phenoxy) is 2. The predicted octanol–water partition coefficient (Wildman–Crippen LogP) is 3.03. The largest absolute Gasteiger partial charge is 0.486 e. The third-order valence-electron chi connectivity index (χ3n) is 4.65. The number of fused-ring (bicyclic) bond motifs is 2. The summed E-state index contributed by atoms with van der Waals surface area (Å²) in [4.78, 5) is 18.7. The fraction of sp³-hybridized carbons (Fsp3) is 0.350. The Hall–Kier alpha value is -2.91. The van der Waals surface area contributed by atoms with Gasteiger partial charge in [0.15, 0.2) is 5.82 Å². The molecule has 0 saturated heterocycles. The first-order chi connectivity index (χ1) is 14.3. The van der Waals surface area contributed by atoms with Crippen LogP contribution in [0, 0.1) is 5.82 Å². The van der Waals surface area contributed by atoms with Crippen LogP contribution < -0.4 is 4.74 Å². The van der Waals surface area contributed by atoms with Gasteiger partial charge in [-0.05, 0) is 25.1 Å². The predicted molar refractivity (Wildman–Crippen MR) is 110 cm³/mol. The SMILES string of the molecule is C=C/C1=N\c2c(cnn2C)C(=O)N(C)CC(CO)Oc2ccc(F)c(Cl)c2C(C)O1. The number of nitrogens with zero attached hydrogens (tertiary/aromatic N) is 4. The van der Waals surface area contributed by atoms with E-state index in [9.17, 15) is 14.3 Å². The molecule has 2 aromatic rings. The van der Waals surface area contributed by atoms with Gasteiger partial charge in [0.1, 0.15) is 29.3 Å². The van der Waals surface area contributed by atoms with Crippen molar-refractivity contribution in [3.05, 3.63) is 53.0 Å². The Bertz CT molecular complexity index is 1010. The zero-order chi connectivity index (χ0) is 22.0. The van der Waals surface area contributed by atoms with Crippen molar-refractivity contribution in [2.45, 2.75) is 19.1 Å². The molecule has 0 spiro atoms. The van der Waals surface area contributed by atoms with E-state index in [2.05, 4.69) is 16.7 Å². The maximum atomic E-state index is 14.2. The molecule has 2 heterocycles. The van der Waals surface area contributed by atoms with Crippen LogP contribution in [-0.4, -0.2) is 57.9 Å². The Balaban J connectivity index is 2.18. The van der Waals surface area contributed by atoms with E-state index in [0.29, 0.717) is 0 Å². The van der Waals surface area contributed by atoms with Crippen LogP contribution in [0.3, 0.4) is 0 Å². The lowest BCUT2D eigenvalue weighted by Gasteiger charge is -2.26. The second-order valence-electron chi connectivity index (χ2n) is 6.80. The van der Waals surface area contributed by atoms with Gasteiger partial charge in [0.2, 0.25) is 5.90 Å². The van der Waals surface area contributed by atoms with Crippen molar-refractivity contribution in [3.8, 4) is 5.75 Å². The molecule has 1 aromatic carbocycles. The molecule has 0 bridgehead atoms. The summed E-state index contributed by atoms with van der Waals surface area (Å²) in [6.45, 7) is 5.03. The van der Waals surface area contributed by atoms with Gasteiger partial charge in [-0.3, -0.25) is 9.48 Å². The number of carbonyl (C=O) groups is 1. The molecule has 160 valence electrons. The summed E-state index contributed by atoms with van der Waals surface area (Å²) < 4.78 is 27.4. The van der Waals surface area contributed by atoms with Crippen LogP contribution in [0.2, 0.25) is 5.02 Å². The summed E-state index contributed by atoms with van der Waals surface area (Å²) in [6.07, 6.45) is 1.21. The van der Waals surface area contributed by atoms with Gasteiger partial charge in [0, 0.05) is 14.1 Å². The van der Waals surface area contributed by atoms with Gasteiger partial charge in [-0.2, -0.15) is 10.1 Å². The van der Waals surface area contributed by atoms with E-state index in [0.717, 1.165) is 0 Å². The number of benzene rings is 1. The topological polar surface area (TPSA) is 89.2 Å². The second-order valence-corrected chi connectivity index (χ2v) is 7.18. The molecule has 1 N–H and O–H groups in total. The monoisotopic (exact) mass is 436 g/mol. The highest BCUT2D eigenvalue weighted by atomic mass is 35.5. The fourth-order valence-electron chi connectivity index (χ4n) is 3.12. The minimum Gasteiger partial charge on any atom is -0.486 e. The Morgan fingerprint density at radius 2 is 2.13 bits per heavy atom. The van der Waals surface area contributed by atoms with Gasteiger partial charge in [-0.1, -0.05) is 18.2 Å². The van der Waals surface area contributed by atoms with E-state index >= 15 is 0 Å². The molecule has 0 aliphatic carbocycles. The van der Waals surface area contributed by atoms with Crippen LogP contribution >= 0.6 is 11.6 Å². The highest BCUT2D eigenvalue weighted by Crippen LogP contribution is 2.37. The van der Waals surface area contributed by atoms with Gasteiger partial charge in [0.25, 0.3) is 5.91 Å².